The lowest BCUT2D eigenvalue weighted by atomic mass is 10.3. The minimum absolute atomic E-state index is 0.780. The van der Waals surface area contributed by atoms with E-state index in [1.807, 2.05) is 6.08 Å². The van der Waals surface area contributed by atoms with Crippen LogP contribution < -0.4 is 5.32 Å². The molecule has 1 nitrogen and oxygen atoms in total. The maximum absolute atomic E-state index is 3.60. The average Bonchev–Trinajstić information content (AvgIpc) is 2.21. The van der Waals surface area contributed by atoms with E-state index in [-0.39, 0.29) is 0 Å². The van der Waals surface area contributed by atoms with Crippen LogP contribution in [0.3, 0.4) is 0 Å². The van der Waals surface area contributed by atoms with Crippen LogP contribution in [0.5, 0.6) is 0 Å². The van der Waals surface area contributed by atoms with Crippen LogP contribution in [-0.2, 0) is 0 Å². The van der Waals surface area contributed by atoms with Gasteiger partial charge in [-0.15, -0.1) is 6.58 Å². The summed E-state index contributed by atoms with van der Waals surface area (Å²) in [5.41, 5.74) is 0. The maximum Gasteiger partial charge on any atom is 0.0227 e. The average molecular weight is 83.1 g/mol. The van der Waals surface area contributed by atoms with Gasteiger partial charge in [0.05, 0.1) is 0 Å². The van der Waals surface area contributed by atoms with Gasteiger partial charge in [-0.3, -0.25) is 0 Å². The molecule has 1 saturated heterocycles. The van der Waals surface area contributed by atoms with Gasteiger partial charge >= 0.3 is 0 Å². The van der Waals surface area contributed by atoms with Gasteiger partial charge in [0.15, 0.2) is 0 Å². The van der Waals surface area contributed by atoms with E-state index in [1.54, 1.807) is 0 Å². The molecule has 1 aliphatic heterocycles. The van der Waals surface area contributed by atoms with Gasteiger partial charge in [0.2, 0.25) is 0 Å². The fourth-order valence-electron chi connectivity index (χ4n) is 0.451. The van der Waals surface area contributed by atoms with Gasteiger partial charge in [-0.05, 0) is 6.42 Å². The van der Waals surface area contributed by atoms with Gasteiger partial charge in [-0.25, -0.2) is 0 Å². The summed E-state index contributed by atoms with van der Waals surface area (Å²) >= 11 is 0. The van der Waals surface area contributed by atoms with Crippen LogP contribution in [0.2, 0.25) is 0 Å². The summed E-state index contributed by atoms with van der Waals surface area (Å²) in [7, 11) is 0. The number of nitrogens with one attached hydrogen (secondary N) is 1. The van der Waals surface area contributed by atoms with Crippen molar-refractivity contribution >= 4 is 0 Å². The van der Waals surface area contributed by atoms with Crippen molar-refractivity contribution in [3.8, 4) is 0 Å². The van der Waals surface area contributed by atoms with Crippen LogP contribution in [0, 0.1) is 0 Å². The van der Waals surface area contributed by atoms with E-state index in [0.717, 1.165) is 12.5 Å². The molecular formula is C5H9N. The minimum atomic E-state index is 0.780. The summed E-state index contributed by atoms with van der Waals surface area (Å²) in [4.78, 5) is 0. The van der Waals surface area contributed by atoms with E-state index in [0.29, 0.717) is 0 Å². The zero-order valence-electron chi connectivity index (χ0n) is 3.78. The molecule has 0 aromatic heterocycles. The normalized spacial score (nSPS) is 29.7. The lowest BCUT2D eigenvalue weighted by Crippen LogP contribution is -1.83. The smallest absolute Gasteiger partial charge is 0.0227 e. The van der Waals surface area contributed by atoms with Gasteiger partial charge in [0.1, 0.15) is 0 Å². The Morgan fingerprint density at radius 2 is 2.67 bits per heavy atom. The molecule has 1 heterocycles. The molecule has 0 radical (unpaired) electrons. The van der Waals surface area contributed by atoms with Crippen LogP contribution in [0.25, 0.3) is 0 Å². The largest absolute Gasteiger partial charge is 0.311 e. The van der Waals surface area contributed by atoms with Crippen molar-refractivity contribution in [1.82, 2.24) is 5.32 Å². The second-order valence-corrected chi connectivity index (χ2v) is 1.63. The molecule has 0 spiro atoms. The van der Waals surface area contributed by atoms with Gasteiger partial charge < -0.3 is 5.32 Å². The van der Waals surface area contributed by atoms with Crippen molar-refractivity contribution in [1.29, 1.82) is 0 Å². The lowest BCUT2D eigenvalue weighted by molar-refractivity contribution is 0.969. The Bertz CT molecular complexity index is 55.0. The Balaban J connectivity index is 2.00. The molecule has 1 rings (SSSR count). The van der Waals surface area contributed by atoms with Crippen molar-refractivity contribution in [3.63, 3.8) is 0 Å². The van der Waals surface area contributed by atoms with E-state index in [2.05, 4.69) is 11.9 Å². The molecule has 1 N–H and O–H groups in total. The SMILES string of the molecule is C=CCC1CN1. The highest BCUT2D eigenvalue weighted by atomic mass is 15.1. The number of hydrogen-bond donors (Lipinski definition) is 1. The first-order valence-corrected chi connectivity index (χ1v) is 2.28. The molecule has 0 saturated carbocycles. The molecule has 1 heteroatoms. The summed E-state index contributed by atoms with van der Waals surface area (Å²) in [6.45, 7) is 4.80. The van der Waals surface area contributed by atoms with Crippen LogP contribution in [0.15, 0.2) is 12.7 Å². The minimum Gasteiger partial charge on any atom is -0.311 e. The van der Waals surface area contributed by atoms with Crippen LogP contribution in [0.4, 0.5) is 0 Å². The molecule has 1 unspecified atom stereocenters. The van der Waals surface area contributed by atoms with Crippen LogP contribution in [0.1, 0.15) is 6.42 Å². The summed E-state index contributed by atoms with van der Waals surface area (Å²) in [6, 6.07) is 0.780. The standard InChI is InChI=1S/C5H9N/c1-2-3-5-4-6-5/h2,5-6H,1,3-4H2. The Morgan fingerprint density at radius 1 is 2.00 bits per heavy atom. The van der Waals surface area contributed by atoms with E-state index in [9.17, 15) is 0 Å². The zero-order chi connectivity index (χ0) is 4.41. The van der Waals surface area contributed by atoms with E-state index in [4.69, 9.17) is 0 Å². The third-order valence-corrected chi connectivity index (χ3v) is 0.944. The summed E-state index contributed by atoms with van der Waals surface area (Å²) in [5.74, 6) is 0. The number of rotatable bonds is 2. The second kappa shape index (κ2) is 1.43. The zero-order valence-corrected chi connectivity index (χ0v) is 3.78. The molecule has 0 aromatic rings. The third-order valence-electron chi connectivity index (χ3n) is 0.944. The van der Waals surface area contributed by atoms with Crippen molar-refractivity contribution in [2.45, 2.75) is 12.5 Å². The number of hydrogen-bond acceptors (Lipinski definition) is 1. The second-order valence-electron chi connectivity index (χ2n) is 1.63. The first-order valence-electron chi connectivity index (χ1n) is 2.28. The van der Waals surface area contributed by atoms with Gasteiger partial charge in [-0.2, -0.15) is 0 Å². The van der Waals surface area contributed by atoms with E-state index in [1.165, 1.54) is 6.54 Å². The van der Waals surface area contributed by atoms with Crippen LogP contribution in [-0.4, -0.2) is 12.6 Å². The van der Waals surface area contributed by atoms with E-state index >= 15 is 0 Å². The topological polar surface area (TPSA) is 21.9 Å². The van der Waals surface area contributed by atoms with Crippen molar-refractivity contribution in [2.24, 2.45) is 0 Å². The third kappa shape index (κ3) is 0.830. The molecule has 1 atom stereocenters. The highest BCUT2D eigenvalue weighted by Gasteiger charge is 2.16. The predicted molar refractivity (Wildman–Crippen MR) is 26.6 cm³/mol. The molecule has 0 aliphatic carbocycles. The first-order chi connectivity index (χ1) is 2.93. The highest BCUT2D eigenvalue weighted by molar-refractivity contribution is 4.89. The maximum atomic E-state index is 3.60. The molecule has 1 fully saturated rings. The fourth-order valence-corrected chi connectivity index (χ4v) is 0.451. The van der Waals surface area contributed by atoms with E-state index < -0.39 is 0 Å². The fraction of sp³-hybridized carbons (Fsp3) is 0.600. The van der Waals surface area contributed by atoms with Gasteiger partial charge in [0.25, 0.3) is 0 Å². The Kier molecular flexibility index (Phi) is 0.926. The Labute approximate surface area is 38.1 Å². The summed E-state index contributed by atoms with van der Waals surface area (Å²) < 4.78 is 0. The molecule has 0 amide bonds. The molecule has 6 heavy (non-hydrogen) atoms. The quantitative estimate of drug-likeness (QED) is 0.382. The molecule has 0 bridgehead atoms. The van der Waals surface area contributed by atoms with Gasteiger partial charge in [-0.1, -0.05) is 6.08 Å². The first kappa shape index (κ1) is 3.88. The van der Waals surface area contributed by atoms with Crippen molar-refractivity contribution in [2.75, 3.05) is 6.54 Å². The van der Waals surface area contributed by atoms with Crippen molar-refractivity contribution < 1.29 is 0 Å². The molecule has 0 aromatic carbocycles. The summed E-state index contributed by atoms with van der Waals surface area (Å²) in [5, 5.41) is 3.16. The van der Waals surface area contributed by atoms with Crippen molar-refractivity contribution in [3.05, 3.63) is 12.7 Å². The summed E-state index contributed by atoms with van der Waals surface area (Å²) in [6.07, 6.45) is 3.09. The monoisotopic (exact) mass is 83.1 g/mol. The van der Waals surface area contributed by atoms with Crippen LogP contribution >= 0.6 is 0 Å². The molecular weight excluding hydrogens is 74.1 g/mol. The van der Waals surface area contributed by atoms with Gasteiger partial charge in [0, 0.05) is 12.6 Å². The molecule has 1 aliphatic rings. The molecule has 34 valence electrons. The highest BCUT2D eigenvalue weighted by Crippen LogP contribution is 2.00. The lowest BCUT2D eigenvalue weighted by Gasteiger charge is -1.75. The Morgan fingerprint density at radius 3 is 2.83 bits per heavy atom. The predicted octanol–water partition coefficient (Wildman–Crippen LogP) is 0.534. The Hall–Kier alpha value is -0.300.